The Hall–Kier alpha value is -0.610. The second kappa shape index (κ2) is 5.94. The highest BCUT2D eigenvalue weighted by Crippen LogP contribution is 2.07. The molecule has 0 aliphatic heterocycles. The van der Waals surface area contributed by atoms with E-state index >= 15 is 0 Å². The second-order valence-electron chi connectivity index (χ2n) is 3.22. The van der Waals surface area contributed by atoms with Crippen LogP contribution in [0.15, 0.2) is 0 Å². The van der Waals surface area contributed by atoms with E-state index < -0.39 is 5.60 Å². The fraction of sp³-hybridized carbons (Fsp3) is 0.889. The van der Waals surface area contributed by atoms with E-state index in [1.165, 1.54) is 0 Å². The Balaban J connectivity index is 3.89. The van der Waals surface area contributed by atoms with E-state index in [1.54, 1.807) is 14.2 Å². The molecule has 0 fully saturated rings. The van der Waals surface area contributed by atoms with Crippen molar-refractivity contribution in [2.45, 2.75) is 25.9 Å². The summed E-state index contributed by atoms with van der Waals surface area (Å²) in [5, 5.41) is 2.76. The van der Waals surface area contributed by atoms with Crippen LogP contribution in [0.1, 0.15) is 20.3 Å². The van der Waals surface area contributed by atoms with Crippen LogP contribution in [0.2, 0.25) is 0 Å². The predicted octanol–water partition coefficient (Wildman–Crippen LogP) is 0.564. The molecule has 0 saturated carbocycles. The first kappa shape index (κ1) is 12.4. The van der Waals surface area contributed by atoms with E-state index in [2.05, 4.69) is 5.32 Å². The molecule has 1 atom stereocenters. The minimum atomic E-state index is -0.431. The maximum absolute atomic E-state index is 11.0. The molecule has 4 nitrogen and oxygen atoms in total. The number of rotatable bonds is 6. The van der Waals surface area contributed by atoms with Crippen molar-refractivity contribution in [3.63, 3.8) is 0 Å². The Morgan fingerprint density at radius 1 is 1.46 bits per heavy atom. The number of amides is 1. The summed E-state index contributed by atoms with van der Waals surface area (Å²) in [6, 6.07) is 0. The number of hydrogen-bond donors (Lipinski definition) is 1. The van der Waals surface area contributed by atoms with Gasteiger partial charge in [-0.15, -0.1) is 0 Å². The quantitative estimate of drug-likeness (QED) is 0.664. The minimum Gasteiger partial charge on any atom is -0.382 e. The van der Waals surface area contributed by atoms with Gasteiger partial charge in [0.15, 0.2) is 0 Å². The Morgan fingerprint density at radius 2 is 2.08 bits per heavy atom. The highest BCUT2D eigenvalue weighted by Gasteiger charge is 2.23. The number of nitrogens with one attached hydrogen (secondary N) is 1. The fourth-order valence-electron chi connectivity index (χ4n) is 0.898. The van der Waals surface area contributed by atoms with Crippen LogP contribution in [0, 0.1) is 0 Å². The number of methoxy groups -OCH3 is 2. The maximum atomic E-state index is 11.0. The molecule has 1 unspecified atom stereocenters. The topological polar surface area (TPSA) is 47.6 Å². The summed E-state index contributed by atoms with van der Waals surface area (Å²) >= 11 is 0. The van der Waals surface area contributed by atoms with Crippen molar-refractivity contribution in [3.8, 4) is 0 Å². The third-order valence-electron chi connectivity index (χ3n) is 1.92. The van der Waals surface area contributed by atoms with Crippen molar-refractivity contribution >= 4 is 5.91 Å². The predicted molar refractivity (Wildman–Crippen MR) is 50.6 cm³/mol. The van der Waals surface area contributed by atoms with Crippen LogP contribution in [0.3, 0.4) is 0 Å². The van der Waals surface area contributed by atoms with E-state index in [-0.39, 0.29) is 5.91 Å². The molecule has 0 saturated heterocycles. The summed E-state index contributed by atoms with van der Waals surface area (Å²) in [5.41, 5.74) is -0.431. The minimum absolute atomic E-state index is 0.0272. The van der Waals surface area contributed by atoms with Crippen molar-refractivity contribution in [3.05, 3.63) is 0 Å². The van der Waals surface area contributed by atoms with Gasteiger partial charge in [0.05, 0.1) is 6.61 Å². The molecule has 0 spiro atoms. The molecule has 1 N–H and O–H groups in total. The van der Waals surface area contributed by atoms with Crippen molar-refractivity contribution < 1.29 is 14.3 Å². The standard InChI is InChI=1S/C9H19NO3/c1-5-8(11)10-6-9(2,13-4)7-12-3/h5-7H2,1-4H3,(H,10,11). The zero-order chi connectivity index (χ0) is 10.3. The molecule has 4 heteroatoms. The van der Waals surface area contributed by atoms with Gasteiger partial charge in [0.2, 0.25) is 5.91 Å². The fourth-order valence-corrected chi connectivity index (χ4v) is 0.898. The van der Waals surface area contributed by atoms with Crippen LogP contribution in [0.5, 0.6) is 0 Å². The molecule has 0 rings (SSSR count). The van der Waals surface area contributed by atoms with Gasteiger partial charge >= 0.3 is 0 Å². The summed E-state index contributed by atoms with van der Waals surface area (Å²) < 4.78 is 10.2. The van der Waals surface area contributed by atoms with Gasteiger partial charge in [-0.25, -0.2) is 0 Å². The summed E-state index contributed by atoms with van der Waals surface area (Å²) in [4.78, 5) is 11.0. The molecule has 0 aliphatic rings. The van der Waals surface area contributed by atoms with Crippen molar-refractivity contribution in [2.24, 2.45) is 0 Å². The Morgan fingerprint density at radius 3 is 2.46 bits per heavy atom. The van der Waals surface area contributed by atoms with Crippen LogP contribution in [-0.4, -0.2) is 38.9 Å². The van der Waals surface area contributed by atoms with Crippen LogP contribution < -0.4 is 5.32 Å². The first-order chi connectivity index (χ1) is 6.08. The average molecular weight is 189 g/mol. The number of ether oxygens (including phenoxy) is 2. The normalized spacial score (nSPS) is 15.1. The Kier molecular flexibility index (Phi) is 5.66. The van der Waals surface area contributed by atoms with Gasteiger partial charge in [-0.3, -0.25) is 4.79 Å². The van der Waals surface area contributed by atoms with Gasteiger partial charge in [0.1, 0.15) is 5.60 Å². The molecule has 0 bridgehead atoms. The maximum Gasteiger partial charge on any atom is 0.219 e. The lowest BCUT2D eigenvalue weighted by Gasteiger charge is -2.27. The van der Waals surface area contributed by atoms with Crippen LogP contribution >= 0.6 is 0 Å². The molecule has 78 valence electrons. The van der Waals surface area contributed by atoms with Crippen LogP contribution in [0.4, 0.5) is 0 Å². The third kappa shape index (κ3) is 4.85. The van der Waals surface area contributed by atoms with E-state index in [0.29, 0.717) is 19.6 Å². The lowest BCUT2D eigenvalue weighted by molar-refractivity contribution is -0.123. The summed E-state index contributed by atoms with van der Waals surface area (Å²) in [7, 11) is 3.22. The summed E-state index contributed by atoms with van der Waals surface area (Å²) in [5.74, 6) is 0.0272. The third-order valence-corrected chi connectivity index (χ3v) is 1.92. The lowest BCUT2D eigenvalue weighted by atomic mass is 10.1. The van der Waals surface area contributed by atoms with E-state index in [9.17, 15) is 4.79 Å². The van der Waals surface area contributed by atoms with Gasteiger partial charge in [0.25, 0.3) is 0 Å². The zero-order valence-corrected chi connectivity index (χ0v) is 8.85. The largest absolute Gasteiger partial charge is 0.382 e. The number of carbonyl (C=O) groups is 1. The van der Waals surface area contributed by atoms with Gasteiger partial charge in [-0.05, 0) is 6.92 Å². The molecule has 0 aliphatic carbocycles. The highest BCUT2D eigenvalue weighted by atomic mass is 16.5. The molecule has 13 heavy (non-hydrogen) atoms. The first-order valence-corrected chi connectivity index (χ1v) is 4.38. The molecule has 1 amide bonds. The van der Waals surface area contributed by atoms with E-state index in [1.807, 2.05) is 13.8 Å². The Bertz CT molecular complexity index is 161. The van der Waals surface area contributed by atoms with Gasteiger partial charge < -0.3 is 14.8 Å². The molecular weight excluding hydrogens is 170 g/mol. The lowest BCUT2D eigenvalue weighted by Crippen LogP contribution is -2.45. The molecular formula is C9H19NO3. The van der Waals surface area contributed by atoms with E-state index in [0.717, 1.165) is 0 Å². The summed E-state index contributed by atoms with van der Waals surface area (Å²) in [6.45, 7) is 4.65. The summed E-state index contributed by atoms with van der Waals surface area (Å²) in [6.07, 6.45) is 0.493. The van der Waals surface area contributed by atoms with Crippen molar-refractivity contribution in [1.82, 2.24) is 5.32 Å². The molecule has 0 heterocycles. The number of hydrogen-bond acceptors (Lipinski definition) is 3. The second-order valence-corrected chi connectivity index (χ2v) is 3.22. The SMILES string of the molecule is CCC(=O)NCC(C)(COC)OC. The van der Waals surface area contributed by atoms with Gasteiger partial charge in [-0.2, -0.15) is 0 Å². The number of carbonyl (C=O) groups excluding carboxylic acids is 1. The molecule has 0 aromatic heterocycles. The zero-order valence-electron chi connectivity index (χ0n) is 8.85. The van der Waals surface area contributed by atoms with Gasteiger partial charge in [0, 0.05) is 27.2 Å². The first-order valence-electron chi connectivity index (χ1n) is 4.38. The van der Waals surface area contributed by atoms with Crippen molar-refractivity contribution in [1.29, 1.82) is 0 Å². The molecule has 0 aromatic rings. The van der Waals surface area contributed by atoms with Crippen molar-refractivity contribution in [2.75, 3.05) is 27.4 Å². The molecule has 0 aromatic carbocycles. The monoisotopic (exact) mass is 189 g/mol. The smallest absolute Gasteiger partial charge is 0.219 e. The van der Waals surface area contributed by atoms with Crippen LogP contribution in [-0.2, 0) is 14.3 Å². The Labute approximate surface area is 79.6 Å². The molecule has 0 radical (unpaired) electrons. The highest BCUT2D eigenvalue weighted by molar-refractivity contribution is 5.75. The van der Waals surface area contributed by atoms with E-state index in [4.69, 9.17) is 9.47 Å². The van der Waals surface area contributed by atoms with Gasteiger partial charge in [-0.1, -0.05) is 6.92 Å². The average Bonchev–Trinajstić information content (AvgIpc) is 2.15. The van der Waals surface area contributed by atoms with Crippen LogP contribution in [0.25, 0.3) is 0 Å².